The second kappa shape index (κ2) is 8.32. The standard InChI is InChI=1S/C19H25NO2/c1-4-21-18-9-5-7-16(11-18)13-20-17-8-6-10-19(12-17)22-14-15(2)3/h5-12,15,20H,4,13-14H2,1-3H3. The van der Waals surface area contributed by atoms with E-state index in [0.717, 1.165) is 30.3 Å². The van der Waals surface area contributed by atoms with Gasteiger partial charge in [-0.2, -0.15) is 0 Å². The molecule has 0 aliphatic heterocycles. The normalized spacial score (nSPS) is 10.5. The van der Waals surface area contributed by atoms with Crippen molar-refractivity contribution in [3.05, 3.63) is 54.1 Å². The fourth-order valence-electron chi connectivity index (χ4n) is 2.07. The van der Waals surface area contributed by atoms with Crippen molar-refractivity contribution in [1.82, 2.24) is 0 Å². The number of ether oxygens (including phenoxy) is 2. The molecule has 3 nitrogen and oxygen atoms in total. The minimum atomic E-state index is 0.526. The van der Waals surface area contributed by atoms with Crippen LogP contribution in [0.15, 0.2) is 48.5 Å². The molecule has 22 heavy (non-hydrogen) atoms. The van der Waals surface area contributed by atoms with Crippen molar-refractivity contribution in [1.29, 1.82) is 0 Å². The van der Waals surface area contributed by atoms with Crippen molar-refractivity contribution in [2.45, 2.75) is 27.3 Å². The number of hydrogen-bond donors (Lipinski definition) is 1. The zero-order valence-electron chi connectivity index (χ0n) is 13.6. The molecule has 0 aliphatic rings. The van der Waals surface area contributed by atoms with Crippen LogP contribution in [0.1, 0.15) is 26.3 Å². The van der Waals surface area contributed by atoms with Crippen LogP contribution < -0.4 is 14.8 Å². The Kier molecular flexibility index (Phi) is 6.13. The molecule has 0 aromatic heterocycles. The molecule has 0 amide bonds. The van der Waals surface area contributed by atoms with Gasteiger partial charge in [0.25, 0.3) is 0 Å². The molecule has 0 fully saturated rings. The van der Waals surface area contributed by atoms with Gasteiger partial charge in [0.1, 0.15) is 11.5 Å². The van der Waals surface area contributed by atoms with Gasteiger partial charge < -0.3 is 14.8 Å². The monoisotopic (exact) mass is 299 g/mol. The van der Waals surface area contributed by atoms with E-state index in [-0.39, 0.29) is 0 Å². The minimum absolute atomic E-state index is 0.526. The third kappa shape index (κ3) is 5.32. The van der Waals surface area contributed by atoms with E-state index in [1.54, 1.807) is 0 Å². The lowest BCUT2D eigenvalue weighted by Gasteiger charge is -2.12. The molecule has 0 radical (unpaired) electrons. The van der Waals surface area contributed by atoms with Crippen molar-refractivity contribution in [3.63, 3.8) is 0 Å². The Balaban J connectivity index is 1.93. The van der Waals surface area contributed by atoms with E-state index in [9.17, 15) is 0 Å². The Morgan fingerprint density at radius 1 is 0.955 bits per heavy atom. The van der Waals surface area contributed by atoms with Gasteiger partial charge in [-0.15, -0.1) is 0 Å². The summed E-state index contributed by atoms with van der Waals surface area (Å²) in [6, 6.07) is 16.2. The third-order valence-electron chi connectivity index (χ3n) is 3.12. The molecule has 0 aliphatic carbocycles. The van der Waals surface area contributed by atoms with Crippen molar-refractivity contribution < 1.29 is 9.47 Å². The van der Waals surface area contributed by atoms with Gasteiger partial charge in [0.15, 0.2) is 0 Å². The maximum atomic E-state index is 5.75. The lowest BCUT2D eigenvalue weighted by atomic mass is 10.2. The summed E-state index contributed by atoms with van der Waals surface area (Å²) < 4.78 is 11.3. The van der Waals surface area contributed by atoms with Crippen molar-refractivity contribution >= 4 is 5.69 Å². The summed E-state index contributed by atoms with van der Waals surface area (Å²) in [7, 11) is 0. The van der Waals surface area contributed by atoms with Gasteiger partial charge in [-0.1, -0.05) is 32.0 Å². The molecule has 3 heteroatoms. The quantitative estimate of drug-likeness (QED) is 0.764. The number of rotatable bonds is 8. The van der Waals surface area contributed by atoms with Crippen molar-refractivity contribution in [2.24, 2.45) is 5.92 Å². The molecular weight excluding hydrogens is 274 g/mol. The van der Waals surface area contributed by atoms with Crippen molar-refractivity contribution in [2.75, 3.05) is 18.5 Å². The van der Waals surface area contributed by atoms with Gasteiger partial charge in [0, 0.05) is 18.3 Å². The zero-order valence-corrected chi connectivity index (χ0v) is 13.6. The molecule has 0 heterocycles. The lowest BCUT2D eigenvalue weighted by Crippen LogP contribution is -2.05. The Morgan fingerprint density at radius 3 is 2.41 bits per heavy atom. The summed E-state index contributed by atoms with van der Waals surface area (Å²) in [5, 5.41) is 3.42. The summed E-state index contributed by atoms with van der Waals surface area (Å²) in [6.45, 7) is 8.47. The van der Waals surface area contributed by atoms with E-state index < -0.39 is 0 Å². The van der Waals surface area contributed by atoms with E-state index >= 15 is 0 Å². The average Bonchev–Trinajstić information content (AvgIpc) is 2.52. The molecule has 0 saturated carbocycles. The summed E-state index contributed by atoms with van der Waals surface area (Å²) in [5.41, 5.74) is 2.25. The van der Waals surface area contributed by atoms with Gasteiger partial charge in [0.05, 0.1) is 13.2 Å². The summed E-state index contributed by atoms with van der Waals surface area (Å²) in [4.78, 5) is 0. The Labute approximate surface area is 133 Å². The molecule has 0 spiro atoms. The van der Waals surface area contributed by atoms with Crippen LogP contribution in [0, 0.1) is 5.92 Å². The van der Waals surface area contributed by atoms with Crippen LogP contribution in [0.3, 0.4) is 0 Å². The highest BCUT2D eigenvalue weighted by Crippen LogP contribution is 2.20. The summed E-state index contributed by atoms with van der Waals surface area (Å²) in [6.07, 6.45) is 0. The molecule has 2 aromatic rings. The first-order valence-corrected chi connectivity index (χ1v) is 7.86. The predicted molar refractivity (Wildman–Crippen MR) is 91.7 cm³/mol. The van der Waals surface area contributed by atoms with Gasteiger partial charge in [-0.25, -0.2) is 0 Å². The maximum absolute atomic E-state index is 5.75. The van der Waals surface area contributed by atoms with E-state index in [2.05, 4.69) is 37.4 Å². The van der Waals surface area contributed by atoms with Crippen LogP contribution in [-0.4, -0.2) is 13.2 Å². The molecule has 0 atom stereocenters. The van der Waals surface area contributed by atoms with E-state index in [1.807, 2.05) is 37.3 Å². The molecule has 118 valence electrons. The van der Waals surface area contributed by atoms with Crippen LogP contribution in [-0.2, 0) is 6.54 Å². The second-order valence-electron chi connectivity index (χ2n) is 5.67. The zero-order chi connectivity index (χ0) is 15.8. The van der Waals surface area contributed by atoms with Gasteiger partial charge in [-0.05, 0) is 42.7 Å². The largest absolute Gasteiger partial charge is 0.494 e. The molecule has 0 bridgehead atoms. The highest BCUT2D eigenvalue weighted by Gasteiger charge is 2.00. The minimum Gasteiger partial charge on any atom is -0.494 e. The second-order valence-corrected chi connectivity index (χ2v) is 5.67. The summed E-state index contributed by atoms with van der Waals surface area (Å²) in [5.74, 6) is 2.34. The molecule has 0 saturated heterocycles. The van der Waals surface area contributed by atoms with E-state index in [4.69, 9.17) is 9.47 Å². The van der Waals surface area contributed by atoms with E-state index in [1.165, 1.54) is 5.56 Å². The maximum Gasteiger partial charge on any atom is 0.121 e. The smallest absolute Gasteiger partial charge is 0.121 e. The lowest BCUT2D eigenvalue weighted by molar-refractivity contribution is 0.271. The highest BCUT2D eigenvalue weighted by atomic mass is 16.5. The average molecular weight is 299 g/mol. The van der Waals surface area contributed by atoms with Gasteiger partial charge >= 0.3 is 0 Å². The van der Waals surface area contributed by atoms with Crippen LogP contribution in [0.4, 0.5) is 5.69 Å². The predicted octanol–water partition coefficient (Wildman–Crippen LogP) is 4.73. The Bertz CT molecular complexity index is 581. The Morgan fingerprint density at radius 2 is 1.68 bits per heavy atom. The first kappa shape index (κ1) is 16.2. The van der Waals surface area contributed by atoms with Crippen LogP contribution in [0.2, 0.25) is 0 Å². The number of benzene rings is 2. The SMILES string of the molecule is CCOc1cccc(CNc2cccc(OCC(C)C)c2)c1. The van der Waals surface area contributed by atoms with Crippen LogP contribution in [0.5, 0.6) is 11.5 Å². The number of nitrogens with one attached hydrogen (secondary N) is 1. The molecule has 2 rings (SSSR count). The van der Waals surface area contributed by atoms with Crippen molar-refractivity contribution in [3.8, 4) is 11.5 Å². The molecule has 2 aromatic carbocycles. The topological polar surface area (TPSA) is 30.5 Å². The van der Waals surface area contributed by atoms with Gasteiger partial charge in [-0.3, -0.25) is 0 Å². The summed E-state index contributed by atoms with van der Waals surface area (Å²) >= 11 is 0. The highest BCUT2D eigenvalue weighted by molar-refractivity contribution is 5.48. The molecule has 1 N–H and O–H groups in total. The fourth-order valence-corrected chi connectivity index (χ4v) is 2.07. The van der Waals surface area contributed by atoms with Crippen LogP contribution in [0.25, 0.3) is 0 Å². The van der Waals surface area contributed by atoms with E-state index in [0.29, 0.717) is 12.5 Å². The number of hydrogen-bond acceptors (Lipinski definition) is 3. The number of anilines is 1. The first-order chi connectivity index (χ1) is 10.7. The van der Waals surface area contributed by atoms with Crippen LogP contribution >= 0.6 is 0 Å². The fraction of sp³-hybridized carbons (Fsp3) is 0.368. The molecular formula is C19H25NO2. The molecule has 0 unspecified atom stereocenters. The third-order valence-corrected chi connectivity index (χ3v) is 3.12. The van der Waals surface area contributed by atoms with Gasteiger partial charge in [0.2, 0.25) is 0 Å². The Hall–Kier alpha value is -2.16. The first-order valence-electron chi connectivity index (χ1n) is 7.86.